The van der Waals surface area contributed by atoms with Crippen LogP contribution in [-0.2, 0) is 0 Å². The van der Waals surface area contributed by atoms with E-state index in [1.165, 1.54) is 4.70 Å². The second kappa shape index (κ2) is 5.51. The van der Waals surface area contributed by atoms with E-state index in [9.17, 15) is 0 Å². The fourth-order valence-corrected chi connectivity index (χ4v) is 2.74. The summed E-state index contributed by atoms with van der Waals surface area (Å²) in [5, 5.41) is 4.37. The van der Waals surface area contributed by atoms with Crippen LogP contribution in [0.2, 0.25) is 0 Å². The number of hydrogen-bond donors (Lipinski definition) is 1. The molecule has 16 heavy (non-hydrogen) atoms. The Morgan fingerprint density at radius 3 is 3.00 bits per heavy atom. The third-order valence-corrected chi connectivity index (χ3v) is 3.71. The van der Waals surface area contributed by atoms with Crippen LogP contribution in [0, 0.1) is 5.92 Å². The third-order valence-electron chi connectivity index (χ3n) is 2.50. The number of benzene rings is 1. The number of thiazole rings is 1. The number of rotatable bonds is 5. The Morgan fingerprint density at radius 1 is 1.44 bits per heavy atom. The van der Waals surface area contributed by atoms with E-state index in [0.717, 1.165) is 29.5 Å². The molecule has 0 spiro atoms. The summed E-state index contributed by atoms with van der Waals surface area (Å²) in [5.41, 5.74) is 1.07. The Labute approximate surface area is 105 Å². The molecule has 0 aliphatic rings. The molecule has 0 bridgehead atoms. The third kappa shape index (κ3) is 2.86. The summed E-state index contributed by atoms with van der Waals surface area (Å²) >= 11 is 7.40. The number of nitrogens with one attached hydrogen (secondary N) is 1. The number of fused-ring (bicyclic) bond motifs is 1. The van der Waals surface area contributed by atoms with Gasteiger partial charge in [0.1, 0.15) is 0 Å². The molecule has 4 heteroatoms. The zero-order valence-corrected chi connectivity index (χ0v) is 10.8. The molecule has 2 aromatic rings. The van der Waals surface area contributed by atoms with E-state index in [4.69, 9.17) is 11.6 Å². The lowest BCUT2D eigenvalue weighted by atomic mass is 10.1. The maximum Gasteiger partial charge on any atom is 0.183 e. The standard InChI is InChI=1S/C12H15ClN2S/c1-9(6-7-13)8-14-12-15-10-4-2-3-5-11(10)16-12/h2-5,9H,6-8H2,1H3,(H,14,15). The summed E-state index contributed by atoms with van der Waals surface area (Å²) < 4.78 is 1.23. The highest BCUT2D eigenvalue weighted by Crippen LogP contribution is 2.25. The van der Waals surface area contributed by atoms with Gasteiger partial charge in [-0.25, -0.2) is 4.98 Å². The lowest BCUT2D eigenvalue weighted by molar-refractivity contribution is 0.597. The van der Waals surface area contributed by atoms with E-state index in [1.54, 1.807) is 11.3 Å². The van der Waals surface area contributed by atoms with E-state index in [0.29, 0.717) is 5.92 Å². The average Bonchev–Trinajstić information content (AvgIpc) is 2.69. The van der Waals surface area contributed by atoms with Crippen LogP contribution < -0.4 is 5.32 Å². The van der Waals surface area contributed by atoms with Crippen LogP contribution in [0.5, 0.6) is 0 Å². The molecule has 0 amide bonds. The molecule has 86 valence electrons. The summed E-state index contributed by atoms with van der Waals surface area (Å²) in [7, 11) is 0. The minimum atomic E-state index is 0.588. The zero-order valence-electron chi connectivity index (χ0n) is 9.24. The van der Waals surface area contributed by atoms with Crippen LogP contribution in [0.3, 0.4) is 0 Å². The first kappa shape index (κ1) is 11.7. The number of anilines is 1. The van der Waals surface area contributed by atoms with Gasteiger partial charge in [-0.1, -0.05) is 30.4 Å². The Bertz CT molecular complexity index is 422. The van der Waals surface area contributed by atoms with Gasteiger partial charge in [0.15, 0.2) is 5.13 Å². The molecule has 0 aliphatic carbocycles. The molecule has 2 rings (SSSR count). The summed E-state index contributed by atoms with van der Waals surface area (Å²) in [5.74, 6) is 1.31. The molecule has 1 heterocycles. The number of hydrogen-bond acceptors (Lipinski definition) is 3. The lowest BCUT2D eigenvalue weighted by Gasteiger charge is -2.09. The maximum absolute atomic E-state index is 5.70. The van der Waals surface area contributed by atoms with Crippen molar-refractivity contribution >= 4 is 38.3 Å². The van der Waals surface area contributed by atoms with E-state index in [2.05, 4.69) is 23.3 Å². The highest BCUT2D eigenvalue weighted by Gasteiger charge is 2.04. The van der Waals surface area contributed by atoms with Crippen LogP contribution >= 0.6 is 22.9 Å². The van der Waals surface area contributed by atoms with Crippen molar-refractivity contribution in [3.8, 4) is 0 Å². The molecule has 1 atom stereocenters. The molecule has 1 aromatic carbocycles. The predicted octanol–water partition coefficient (Wildman–Crippen LogP) is 3.97. The molecule has 0 fully saturated rings. The lowest BCUT2D eigenvalue weighted by Crippen LogP contribution is -2.11. The average molecular weight is 255 g/mol. The first-order chi connectivity index (χ1) is 7.79. The van der Waals surface area contributed by atoms with Gasteiger partial charge in [0, 0.05) is 12.4 Å². The molecule has 1 N–H and O–H groups in total. The smallest absolute Gasteiger partial charge is 0.183 e. The largest absolute Gasteiger partial charge is 0.361 e. The molecule has 0 aliphatic heterocycles. The maximum atomic E-state index is 5.70. The number of alkyl halides is 1. The molecular weight excluding hydrogens is 240 g/mol. The first-order valence-electron chi connectivity index (χ1n) is 5.45. The SMILES string of the molecule is CC(CCCl)CNc1nc2ccccc2s1. The van der Waals surface area contributed by atoms with Crippen molar-refractivity contribution in [2.45, 2.75) is 13.3 Å². The van der Waals surface area contributed by atoms with Crippen molar-refractivity contribution < 1.29 is 0 Å². The Kier molecular flexibility index (Phi) is 4.02. The second-order valence-corrected chi connectivity index (χ2v) is 5.36. The molecule has 0 radical (unpaired) electrons. The number of nitrogens with zero attached hydrogens (tertiary/aromatic N) is 1. The van der Waals surface area contributed by atoms with Gasteiger partial charge in [0.2, 0.25) is 0 Å². The van der Waals surface area contributed by atoms with Gasteiger partial charge < -0.3 is 5.32 Å². The van der Waals surface area contributed by atoms with E-state index in [1.807, 2.05) is 18.2 Å². The van der Waals surface area contributed by atoms with E-state index < -0.39 is 0 Å². The number of aromatic nitrogens is 1. The minimum Gasteiger partial charge on any atom is -0.361 e. The highest BCUT2D eigenvalue weighted by atomic mass is 35.5. The van der Waals surface area contributed by atoms with Gasteiger partial charge in [0.05, 0.1) is 10.2 Å². The Morgan fingerprint density at radius 2 is 2.25 bits per heavy atom. The van der Waals surface area contributed by atoms with Crippen LogP contribution in [0.15, 0.2) is 24.3 Å². The molecule has 1 unspecified atom stereocenters. The molecule has 1 aromatic heterocycles. The van der Waals surface area contributed by atoms with E-state index >= 15 is 0 Å². The molecule has 0 saturated carbocycles. The van der Waals surface area contributed by atoms with Crippen LogP contribution in [0.1, 0.15) is 13.3 Å². The van der Waals surface area contributed by atoms with Crippen molar-refractivity contribution in [2.75, 3.05) is 17.7 Å². The molecular formula is C12H15ClN2S. The van der Waals surface area contributed by atoms with Crippen LogP contribution in [-0.4, -0.2) is 17.4 Å². The number of para-hydroxylation sites is 1. The summed E-state index contributed by atoms with van der Waals surface area (Å²) in [4.78, 5) is 4.52. The minimum absolute atomic E-state index is 0.588. The van der Waals surface area contributed by atoms with Crippen molar-refractivity contribution in [3.63, 3.8) is 0 Å². The van der Waals surface area contributed by atoms with Crippen molar-refractivity contribution in [1.82, 2.24) is 4.98 Å². The summed E-state index contributed by atoms with van der Waals surface area (Å²) in [6.45, 7) is 3.13. The van der Waals surface area contributed by atoms with Gasteiger partial charge in [-0.2, -0.15) is 0 Å². The van der Waals surface area contributed by atoms with Crippen molar-refractivity contribution in [1.29, 1.82) is 0 Å². The number of halogens is 1. The topological polar surface area (TPSA) is 24.9 Å². The van der Waals surface area contributed by atoms with Gasteiger partial charge in [-0.3, -0.25) is 0 Å². The van der Waals surface area contributed by atoms with Crippen molar-refractivity contribution in [2.24, 2.45) is 5.92 Å². The Hall–Kier alpha value is -0.800. The van der Waals surface area contributed by atoms with Gasteiger partial charge >= 0.3 is 0 Å². The van der Waals surface area contributed by atoms with E-state index in [-0.39, 0.29) is 0 Å². The summed E-state index contributed by atoms with van der Waals surface area (Å²) in [6.07, 6.45) is 1.04. The quantitative estimate of drug-likeness (QED) is 0.817. The fraction of sp³-hybridized carbons (Fsp3) is 0.417. The first-order valence-corrected chi connectivity index (χ1v) is 6.80. The summed E-state index contributed by atoms with van der Waals surface area (Å²) in [6, 6.07) is 8.20. The molecule has 2 nitrogen and oxygen atoms in total. The van der Waals surface area contributed by atoms with Crippen LogP contribution in [0.4, 0.5) is 5.13 Å². The van der Waals surface area contributed by atoms with Gasteiger partial charge in [0.25, 0.3) is 0 Å². The van der Waals surface area contributed by atoms with Gasteiger partial charge in [-0.05, 0) is 24.5 Å². The van der Waals surface area contributed by atoms with Gasteiger partial charge in [-0.15, -0.1) is 11.6 Å². The van der Waals surface area contributed by atoms with Crippen molar-refractivity contribution in [3.05, 3.63) is 24.3 Å². The predicted molar refractivity (Wildman–Crippen MR) is 72.6 cm³/mol. The normalized spacial score (nSPS) is 12.9. The molecule has 0 saturated heterocycles. The zero-order chi connectivity index (χ0) is 11.4. The fourth-order valence-electron chi connectivity index (χ4n) is 1.50. The second-order valence-electron chi connectivity index (χ2n) is 3.95. The monoisotopic (exact) mass is 254 g/mol. The Balaban J connectivity index is 1.99. The highest BCUT2D eigenvalue weighted by molar-refractivity contribution is 7.22. The van der Waals surface area contributed by atoms with Crippen LogP contribution in [0.25, 0.3) is 10.2 Å².